The average molecular weight is 681 g/mol. The molecule has 4 aromatic rings. The van der Waals surface area contributed by atoms with Crippen molar-refractivity contribution in [2.75, 3.05) is 0 Å². The number of nitrogens with one attached hydrogen (secondary N) is 4. The minimum Gasteiger partial charge on any atom is -0.507 e. The molecular weight excluding hydrogens is 632 g/mol. The van der Waals surface area contributed by atoms with Crippen molar-refractivity contribution in [2.45, 2.75) is 89.4 Å². The highest BCUT2D eigenvalue weighted by Crippen LogP contribution is 2.27. The van der Waals surface area contributed by atoms with Crippen molar-refractivity contribution >= 4 is 34.5 Å². The van der Waals surface area contributed by atoms with Gasteiger partial charge in [-0.25, -0.2) is 0 Å². The molecule has 11 nitrogen and oxygen atoms in total. The van der Waals surface area contributed by atoms with E-state index < -0.39 is 47.8 Å². The number of rotatable bonds is 13. The molecule has 1 fully saturated rings. The first kappa shape index (κ1) is 36.1. The van der Waals surface area contributed by atoms with Gasteiger partial charge in [0.1, 0.15) is 17.8 Å². The summed E-state index contributed by atoms with van der Waals surface area (Å²) >= 11 is 0. The Morgan fingerprint density at radius 1 is 0.900 bits per heavy atom. The Hall–Kier alpha value is -5.16. The summed E-state index contributed by atoms with van der Waals surface area (Å²) in [5.41, 5.74) is 16.9. The topological polar surface area (TPSA) is 192 Å². The molecule has 1 heterocycles. The van der Waals surface area contributed by atoms with Crippen molar-refractivity contribution < 1.29 is 24.3 Å². The zero-order valence-electron chi connectivity index (χ0n) is 28.9. The van der Waals surface area contributed by atoms with Crippen LogP contribution in [0.3, 0.4) is 0 Å². The molecule has 1 aromatic heterocycles. The third-order valence-electron chi connectivity index (χ3n) is 9.94. The van der Waals surface area contributed by atoms with Crippen LogP contribution < -0.4 is 27.4 Å². The molecule has 3 aromatic carbocycles. The van der Waals surface area contributed by atoms with Crippen molar-refractivity contribution in [1.82, 2.24) is 20.9 Å². The van der Waals surface area contributed by atoms with Gasteiger partial charge in [0.2, 0.25) is 23.6 Å². The number of hydrogen-bond acceptors (Lipinski definition) is 6. The number of benzene rings is 3. The predicted octanol–water partition coefficient (Wildman–Crippen LogP) is 3.54. The number of H-pyrrole nitrogens is 1. The van der Waals surface area contributed by atoms with E-state index in [0.29, 0.717) is 24.0 Å². The zero-order chi connectivity index (χ0) is 35.9. The number of carbonyl (C=O) groups excluding carboxylic acids is 4. The minimum absolute atomic E-state index is 0.160. The molecule has 1 unspecified atom stereocenters. The fraction of sp³-hybridized carbons (Fsp3) is 0.385. The minimum atomic E-state index is -1.03. The molecule has 0 aliphatic heterocycles. The van der Waals surface area contributed by atoms with E-state index in [2.05, 4.69) is 20.9 Å². The van der Waals surface area contributed by atoms with Crippen molar-refractivity contribution in [2.24, 2.45) is 17.4 Å². The second-order valence-electron chi connectivity index (χ2n) is 13.6. The van der Waals surface area contributed by atoms with Gasteiger partial charge in [-0.3, -0.25) is 19.2 Å². The van der Waals surface area contributed by atoms with E-state index in [-0.39, 0.29) is 30.4 Å². The van der Waals surface area contributed by atoms with Crippen molar-refractivity contribution in [3.63, 3.8) is 0 Å². The third kappa shape index (κ3) is 8.52. The fourth-order valence-electron chi connectivity index (χ4n) is 7.07. The SMILES string of the molecule is Cc1cc(CC(N)C(=O)N[C@@H]2CCCC[C@@H]2C(=O)N[C@@H](Cc2c[nH]c3ccccc23)C(=O)N[C@@H](C(N)=O)[C@H](C)c2ccccc2)cc(C)c1O. The molecule has 4 amide bonds. The largest absolute Gasteiger partial charge is 0.507 e. The van der Waals surface area contributed by atoms with Gasteiger partial charge in [-0.15, -0.1) is 0 Å². The Morgan fingerprint density at radius 2 is 1.56 bits per heavy atom. The molecule has 0 radical (unpaired) electrons. The lowest BCUT2D eigenvalue weighted by molar-refractivity contribution is -0.134. The number of phenols is 1. The molecule has 1 aliphatic carbocycles. The van der Waals surface area contributed by atoms with E-state index in [1.807, 2.05) is 79.9 Å². The Labute approximate surface area is 292 Å². The van der Waals surface area contributed by atoms with Gasteiger partial charge in [-0.2, -0.15) is 0 Å². The van der Waals surface area contributed by atoms with Crippen molar-refractivity contribution in [3.05, 3.63) is 101 Å². The first-order valence-corrected chi connectivity index (χ1v) is 17.3. The highest BCUT2D eigenvalue weighted by atomic mass is 16.3. The molecule has 5 rings (SSSR count). The summed E-state index contributed by atoms with van der Waals surface area (Å²) in [7, 11) is 0. The summed E-state index contributed by atoms with van der Waals surface area (Å²) in [6.45, 7) is 5.42. The monoisotopic (exact) mass is 680 g/mol. The van der Waals surface area contributed by atoms with E-state index in [0.717, 1.165) is 40.4 Å². The Bertz CT molecular complexity index is 1820. The number of aryl methyl sites for hydroxylation is 2. The lowest BCUT2D eigenvalue weighted by Gasteiger charge is -2.33. The van der Waals surface area contributed by atoms with Crippen LogP contribution in [0.5, 0.6) is 5.75 Å². The van der Waals surface area contributed by atoms with Crippen molar-refractivity contribution in [3.8, 4) is 5.75 Å². The van der Waals surface area contributed by atoms with Crippen LogP contribution >= 0.6 is 0 Å². The van der Waals surface area contributed by atoms with Crippen LogP contribution in [0.15, 0.2) is 72.9 Å². The zero-order valence-corrected chi connectivity index (χ0v) is 28.9. The van der Waals surface area contributed by atoms with Crippen molar-refractivity contribution in [1.29, 1.82) is 0 Å². The van der Waals surface area contributed by atoms with Gasteiger partial charge in [0.25, 0.3) is 0 Å². The third-order valence-corrected chi connectivity index (χ3v) is 9.94. The number of carbonyl (C=O) groups is 4. The number of nitrogens with two attached hydrogens (primary N) is 2. The lowest BCUT2D eigenvalue weighted by atomic mass is 9.83. The number of aromatic amines is 1. The first-order valence-electron chi connectivity index (χ1n) is 17.3. The number of amides is 4. The number of aromatic nitrogens is 1. The first-order chi connectivity index (χ1) is 23.9. The number of fused-ring (bicyclic) bond motifs is 1. The molecule has 264 valence electrons. The second kappa shape index (κ2) is 16.0. The van der Waals surface area contributed by atoms with Crippen LogP contribution in [0.2, 0.25) is 0 Å². The van der Waals surface area contributed by atoms with Gasteiger partial charge in [0.05, 0.1) is 12.0 Å². The van der Waals surface area contributed by atoms with E-state index in [1.165, 1.54) is 0 Å². The predicted molar refractivity (Wildman–Crippen MR) is 193 cm³/mol. The van der Waals surface area contributed by atoms with Crippen LogP contribution in [0.4, 0.5) is 0 Å². The summed E-state index contributed by atoms with van der Waals surface area (Å²) in [5, 5.41) is 19.9. The van der Waals surface area contributed by atoms with E-state index in [9.17, 15) is 24.3 Å². The summed E-state index contributed by atoms with van der Waals surface area (Å²) in [6, 6.07) is 17.2. The molecule has 50 heavy (non-hydrogen) atoms. The highest BCUT2D eigenvalue weighted by molar-refractivity contribution is 5.94. The fourth-order valence-corrected chi connectivity index (χ4v) is 7.07. The van der Waals surface area contributed by atoms with Gasteiger partial charge in [0, 0.05) is 35.5 Å². The smallest absolute Gasteiger partial charge is 0.243 e. The van der Waals surface area contributed by atoms with E-state index in [4.69, 9.17) is 11.5 Å². The molecule has 0 spiro atoms. The number of hydrogen-bond donors (Lipinski definition) is 7. The number of para-hydroxylation sites is 1. The second-order valence-corrected chi connectivity index (χ2v) is 13.6. The van der Waals surface area contributed by atoms with E-state index >= 15 is 0 Å². The Kier molecular flexibility index (Phi) is 11.6. The highest BCUT2D eigenvalue weighted by Gasteiger charge is 2.36. The van der Waals surface area contributed by atoms with Crippen LogP contribution in [0.25, 0.3) is 10.9 Å². The van der Waals surface area contributed by atoms with Gasteiger partial charge in [-0.1, -0.05) is 80.4 Å². The maximum Gasteiger partial charge on any atom is 0.243 e. The molecule has 0 bridgehead atoms. The van der Waals surface area contributed by atoms with Crippen LogP contribution in [0, 0.1) is 19.8 Å². The molecule has 1 saturated carbocycles. The average Bonchev–Trinajstić information content (AvgIpc) is 3.51. The standard InChI is InChI=1S/C39H48N6O5/c1-22-17-25(18-23(2)35(22)46)19-30(40)38(49)43-32-16-10-8-14-29(32)37(48)44-33(20-27-21-42-31-15-9-7-13-28(27)31)39(50)45-34(36(41)47)24(3)26-11-5-4-6-12-26/h4-7,9,11-13,15,17-18,21,24,29-30,32-34,42,46H,8,10,14,16,19-20,40H2,1-3H3,(H2,41,47)(H,43,49)(H,44,48)(H,45,50)/t24-,29+,30?,32-,33+,34-/m1/s1. The normalized spacial score (nSPS) is 18.4. The summed E-state index contributed by atoms with van der Waals surface area (Å²) in [4.78, 5) is 57.3. The maximum atomic E-state index is 14.0. The maximum absolute atomic E-state index is 14.0. The molecule has 1 aliphatic rings. The molecule has 11 heteroatoms. The molecule has 9 N–H and O–H groups in total. The Morgan fingerprint density at radius 3 is 2.26 bits per heavy atom. The number of aromatic hydroxyl groups is 1. The number of primary amides is 1. The molecule has 6 atom stereocenters. The van der Waals surface area contributed by atoms with Gasteiger partial charge in [0.15, 0.2) is 0 Å². The lowest BCUT2D eigenvalue weighted by Crippen LogP contribution is -2.58. The summed E-state index contributed by atoms with van der Waals surface area (Å²) in [5.74, 6) is -2.74. The quantitative estimate of drug-likeness (QED) is 0.113. The Balaban J connectivity index is 1.33. The van der Waals surface area contributed by atoms with Crippen LogP contribution in [0.1, 0.15) is 66.3 Å². The number of phenolic OH excluding ortho intramolecular Hbond substituents is 1. The summed E-state index contributed by atoms with van der Waals surface area (Å²) < 4.78 is 0. The summed E-state index contributed by atoms with van der Waals surface area (Å²) in [6.07, 6.45) is 4.98. The van der Waals surface area contributed by atoms with E-state index in [1.54, 1.807) is 13.8 Å². The van der Waals surface area contributed by atoms with Crippen LogP contribution in [-0.2, 0) is 32.0 Å². The molecule has 0 saturated heterocycles. The van der Waals surface area contributed by atoms with Crippen LogP contribution in [-0.4, -0.2) is 57.9 Å². The molecular formula is C39H48N6O5. The van der Waals surface area contributed by atoms with Gasteiger partial charge >= 0.3 is 0 Å². The van der Waals surface area contributed by atoms with Gasteiger partial charge in [-0.05, 0) is 67.0 Å². The van der Waals surface area contributed by atoms with Gasteiger partial charge < -0.3 is 37.5 Å².